The van der Waals surface area contributed by atoms with Gasteiger partial charge in [-0.25, -0.2) is 4.39 Å². The quantitative estimate of drug-likeness (QED) is 0.835. The van der Waals surface area contributed by atoms with E-state index in [1.165, 1.54) is 18.3 Å². The van der Waals surface area contributed by atoms with Crippen molar-refractivity contribution in [2.75, 3.05) is 0 Å². The predicted molar refractivity (Wildman–Crippen MR) is 72.2 cm³/mol. The first-order chi connectivity index (χ1) is 8.71. The van der Waals surface area contributed by atoms with Gasteiger partial charge in [-0.1, -0.05) is 0 Å². The first kappa shape index (κ1) is 14.0. The summed E-state index contributed by atoms with van der Waals surface area (Å²) in [6, 6.07) is 2.91. The largest absolute Gasteiger partial charge is 0.525 e. The molecule has 1 fully saturated rings. The highest BCUT2D eigenvalue weighted by molar-refractivity contribution is 6.54. The Morgan fingerprint density at radius 2 is 1.89 bits per heavy atom. The summed E-state index contributed by atoms with van der Waals surface area (Å²) < 4.78 is 25.3. The molecule has 2 heterocycles. The molecule has 0 bridgehead atoms. The van der Waals surface area contributed by atoms with Gasteiger partial charge in [-0.05, 0) is 45.4 Å². The van der Waals surface area contributed by atoms with Gasteiger partial charge in [0, 0.05) is 12.3 Å². The van der Waals surface area contributed by atoms with Gasteiger partial charge in [-0.2, -0.15) is 0 Å². The van der Waals surface area contributed by atoms with E-state index >= 15 is 0 Å². The fourth-order valence-electron chi connectivity index (χ4n) is 1.73. The van der Waals surface area contributed by atoms with Crippen LogP contribution in [-0.4, -0.2) is 23.3 Å². The monoisotopic (exact) mass is 265 g/mol. The molecule has 0 aliphatic carbocycles. The van der Waals surface area contributed by atoms with Crippen LogP contribution in [0.5, 0.6) is 0 Å². The lowest BCUT2D eigenvalue weighted by Gasteiger charge is -2.32. The molecule has 2 rings (SSSR count). The summed E-state index contributed by atoms with van der Waals surface area (Å²) in [4.78, 5) is 13.6. The number of aromatic amines is 1. The van der Waals surface area contributed by atoms with Crippen LogP contribution in [0.3, 0.4) is 0 Å². The minimum atomic E-state index is -1.04. The Morgan fingerprint density at radius 3 is 2.42 bits per heavy atom. The van der Waals surface area contributed by atoms with Crippen LogP contribution < -0.4 is 5.56 Å². The third-order valence-corrected chi connectivity index (χ3v) is 3.58. The average Bonchev–Trinajstić information content (AvgIpc) is 2.48. The van der Waals surface area contributed by atoms with Crippen molar-refractivity contribution in [1.82, 2.24) is 4.98 Å². The highest BCUT2D eigenvalue weighted by Gasteiger charge is 2.52. The van der Waals surface area contributed by atoms with E-state index in [-0.39, 0.29) is 5.56 Å². The molecule has 19 heavy (non-hydrogen) atoms. The number of pyridine rings is 1. The van der Waals surface area contributed by atoms with Gasteiger partial charge in [0.1, 0.15) is 5.73 Å². The van der Waals surface area contributed by atoms with Crippen LogP contribution in [0.1, 0.15) is 33.3 Å². The van der Waals surface area contributed by atoms with Gasteiger partial charge >= 0.3 is 7.12 Å². The molecule has 1 aliphatic heterocycles. The summed E-state index contributed by atoms with van der Waals surface area (Å²) in [6.07, 6.45) is 2.71. The third-order valence-electron chi connectivity index (χ3n) is 3.58. The molecule has 102 valence electrons. The Bertz CT molecular complexity index is 549. The Hall–Kier alpha value is -1.40. The molecule has 0 radical (unpaired) electrons. The van der Waals surface area contributed by atoms with Crippen molar-refractivity contribution in [3.05, 3.63) is 40.0 Å². The molecule has 0 atom stereocenters. The molecule has 1 aliphatic rings. The Balaban J connectivity index is 2.22. The second-order valence-corrected chi connectivity index (χ2v) is 5.60. The second kappa shape index (κ2) is 4.61. The van der Waals surface area contributed by atoms with Crippen LogP contribution in [-0.2, 0) is 9.31 Å². The lowest BCUT2D eigenvalue weighted by molar-refractivity contribution is 0.00578. The maximum absolute atomic E-state index is 14.1. The molecule has 6 heteroatoms. The van der Waals surface area contributed by atoms with Gasteiger partial charge in [0.2, 0.25) is 5.56 Å². The highest BCUT2D eigenvalue weighted by atomic mass is 19.1. The van der Waals surface area contributed by atoms with Crippen molar-refractivity contribution in [2.24, 2.45) is 0 Å². The molecular formula is C13H17BFNO3. The van der Waals surface area contributed by atoms with Crippen molar-refractivity contribution in [3.8, 4) is 0 Å². The zero-order valence-corrected chi connectivity index (χ0v) is 11.5. The fourth-order valence-corrected chi connectivity index (χ4v) is 1.73. The minimum absolute atomic E-state index is 0.282. The number of hydrogen-bond acceptors (Lipinski definition) is 3. The van der Waals surface area contributed by atoms with Gasteiger partial charge in [0.25, 0.3) is 0 Å². The average molecular weight is 265 g/mol. The molecule has 0 amide bonds. The van der Waals surface area contributed by atoms with E-state index in [0.29, 0.717) is 5.56 Å². The molecule has 1 saturated heterocycles. The normalized spacial score (nSPS) is 21.7. The first-order valence-corrected chi connectivity index (χ1v) is 6.13. The maximum atomic E-state index is 14.1. The zero-order chi connectivity index (χ0) is 14.3. The van der Waals surface area contributed by atoms with Crippen LogP contribution in [0.25, 0.3) is 6.08 Å². The lowest BCUT2D eigenvalue weighted by atomic mass is 9.87. The summed E-state index contributed by atoms with van der Waals surface area (Å²) in [6.45, 7) is 7.42. The maximum Gasteiger partial charge on any atom is 0.525 e. The van der Waals surface area contributed by atoms with Gasteiger partial charge in [0.15, 0.2) is 0 Å². The molecule has 4 nitrogen and oxygen atoms in total. The Morgan fingerprint density at radius 1 is 1.32 bits per heavy atom. The van der Waals surface area contributed by atoms with Crippen LogP contribution in [0.15, 0.2) is 28.9 Å². The van der Waals surface area contributed by atoms with E-state index in [2.05, 4.69) is 4.98 Å². The van der Waals surface area contributed by atoms with E-state index in [4.69, 9.17) is 9.31 Å². The lowest BCUT2D eigenvalue weighted by Crippen LogP contribution is -2.41. The molecule has 1 aromatic heterocycles. The number of rotatable bonds is 2. The minimum Gasteiger partial charge on any atom is -0.398 e. The van der Waals surface area contributed by atoms with E-state index < -0.39 is 24.0 Å². The summed E-state index contributed by atoms with van der Waals surface area (Å²) in [5.74, 6) is 0. The molecular weight excluding hydrogens is 248 g/mol. The summed E-state index contributed by atoms with van der Waals surface area (Å²) in [7, 11) is -1.04. The van der Waals surface area contributed by atoms with E-state index in [1.54, 1.807) is 6.07 Å². The summed E-state index contributed by atoms with van der Waals surface area (Å²) >= 11 is 0. The number of hydrogen-bond donors (Lipinski definition) is 1. The SMILES string of the molecule is CC1(C)OB(C(F)=Cc2cc[nH]c(=O)c2)OC1(C)C. The van der Waals surface area contributed by atoms with Gasteiger partial charge < -0.3 is 14.3 Å². The summed E-state index contributed by atoms with van der Waals surface area (Å²) in [5, 5.41) is 0. The fraction of sp³-hybridized carbons (Fsp3) is 0.462. The van der Waals surface area contributed by atoms with Gasteiger partial charge in [-0.15, -0.1) is 0 Å². The van der Waals surface area contributed by atoms with Crippen LogP contribution in [0.2, 0.25) is 0 Å². The van der Waals surface area contributed by atoms with Crippen LogP contribution in [0.4, 0.5) is 4.39 Å². The van der Waals surface area contributed by atoms with E-state index in [1.807, 2.05) is 27.7 Å². The third kappa shape index (κ3) is 2.79. The number of aromatic nitrogens is 1. The molecule has 1 aromatic rings. The second-order valence-electron chi connectivity index (χ2n) is 5.60. The number of halogens is 1. The van der Waals surface area contributed by atoms with Crippen molar-refractivity contribution >= 4 is 13.2 Å². The Labute approximate surface area is 111 Å². The molecule has 0 saturated carbocycles. The Kier molecular flexibility index (Phi) is 3.41. The zero-order valence-electron chi connectivity index (χ0n) is 11.5. The smallest absolute Gasteiger partial charge is 0.398 e. The van der Waals surface area contributed by atoms with Gasteiger partial charge in [0.05, 0.1) is 11.2 Å². The molecule has 0 spiro atoms. The molecule has 1 N–H and O–H groups in total. The topological polar surface area (TPSA) is 51.3 Å². The summed E-state index contributed by atoms with van der Waals surface area (Å²) in [5.41, 5.74) is -1.54. The van der Waals surface area contributed by atoms with Crippen molar-refractivity contribution < 1.29 is 13.7 Å². The van der Waals surface area contributed by atoms with Gasteiger partial charge in [-0.3, -0.25) is 4.79 Å². The first-order valence-electron chi connectivity index (χ1n) is 6.13. The number of H-pyrrole nitrogens is 1. The van der Waals surface area contributed by atoms with Crippen molar-refractivity contribution in [1.29, 1.82) is 0 Å². The predicted octanol–water partition coefficient (Wildman–Crippen LogP) is 2.32. The molecule has 0 aromatic carbocycles. The van der Waals surface area contributed by atoms with Crippen LogP contribution >= 0.6 is 0 Å². The number of nitrogens with one attached hydrogen (secondary N) is 1. The van der Waals surface area contributed by atoms with Crippen molar-refractivity contribution in [2.45, 2.75) is 38.9 Å². The highest BCUT2D eigenvalue weighted by Crippen LogP contribution is 2.38. The van der Waals surface area contributed by atoms with E-state index in [0.717, 1.165) is 0 Å². The van der Waals surface area contributed by atoms with Crippen molar-refractivity contribution in [3.63, 3.8) is 0 Å². The standard InChI is InChI=1S/C13H17BFNO3/c1-12(2)13(3,4)19-14(18-12)10(15)7-9-5-6-16-11(17)8-9/h5-8H,1-4H3,(H,16,17). The van der Waals surface area contributed by atoms with Crippen LogP contribution in [0, 0.1) is 0 Å². The van der Waals surface area contributed by atoms with E-state index in [9.17, 15) is 9.18 Å². The molecule has 0 unspecified atom stereocenters.